The predicted octanol–water partition coefficient (Wildman–Crippen LogP) is 6.23. The van der Waals surface area contributed by atoms with E-state index in [0.717, 1.165) is 43.2 Å². The Balaban J connectivity index is 1.13. The number of benzene rings is 2. The molecule has 7 heteroatoms. The minimum Gasteiger partial charge on any atom is -0.486 e. The van der Waals surface area contributed by atoms with Crippen LogP contribution >= 0.6 is 11.3 Å². The van der Waals surface area contributed by atoms with E-state index < -0.39 is 0 Å². The minimum atomic E-state index is -0.375. The van der Waals surface area contributed by atoms with Gasteiger partial charge < -0.3 is 9.47 Å². The maximum Gasteiger partial charge on any atom is 0.306 e. The predicted molar refractivity (Wildman–Crippen MR) is 144 cm³/mol. The van der Waals surface area contributed by atoms with Crippen molar-refractivity contribution in [1.29, 1.82) is 0 Å². The van der Waals surface area contributed by atoms with Gasteiger partial charge in [-0.3, -0.25) is 9.69 Å². The van der Waals surface area contributed by atoms with Crippen LogP contribution in [0.2, 0.25) is 0 Å². The molecule has 1 saturated heterocycles. The van der Waals surface area contributed by atoms with Crippen molar-refractivity contribution in [3.8, 4) is 5.75 Å². The molecule has 1 aromatic heterocycles. The van der Waals surface area contributed by atoms with Crippen LogP contribution in [0, 0.1) is 12.7 Å². The number of rotatable bonds is 9. The number of aryl methyl sites for hydroxylation is 2. The van der Waals surface area contributed by atoms with E-state index in [2.05, 4.69) is 48.2 Å². The number of esters is 1. The second-order valence-corrected chi connectivity index (χ2v) is 11.0. The van der Waals surface area contributed by atoms with Crippen LogP contribution in [0.1, 0.15) is 58.5 Å². The molecular weight excluding hydrogens is 487 g/mol. The number of ether oxygens (including phenoxy) is 2. The van der Waals surface area contributed by atoms with Gasteiger partial charge in [0.25, 0.3) is 0 Å². The van der Waals surface area contributed by atoms with E-state index in [9.17, 15) is 9.18 Å². The summed E-state index contributed by atoms with van der Waals surface area (Å²) in [5, 5.41) is 0.889. The van der Waals surface area contributed by atoms with E-state index in [4.69, 9.17) is 14.5 Å². The fourth-order valence-corrected chi connectivity index (χ4v) is 6.34. The summed E-state index contributed by atoms with van der Waals surface area (Å²) in [6.45, 7) is 7.46. The van der Waals surface area contributed by atoms with Crippen molar-refractivity contribution in [2.45, 2.75) is 58.1 Å². The number of allylic oxidation sites excluding steroid dienone is 1. The zero-order chi connectivity index (χ0) is 25.8. The average Bonchev–Trinajstić information content (AvgIpc) is 3.44. The molecule has 3 aromatic rings. The Morgan fingerprint density at radius 3 is 2.78 bits per heavy atom. The monoisotopic (exact) mass is 520 g/mol. The average molecular weight is 521 g/mol. The van der Waals surface area contributed by atoms with E-state index in [1.165, 1.54) is 22.1 Å². The van der Waals surface area contributed by atoms with Crippen molar-refractivity contribution in [3.05, 3.63) is 86.6 Å². The second-order valence-electron chi connectivity index (χ2n) is 9.82. The molecule has 0 radical (unpaired) electrons. The molecule has 0 bridgehead atoms. The zero-order valence-corrected chi connectivity index (χ0v) is 22.3. The quantitative estimate of drug-likeness (QED) is 0.313. The largest absolute Gasteiger partial charge is 0.486 e. The number of fused-ring (bicyclic) bond motifs is 2. The van der Waals surface area contributed by atoms with Crippen molar-refractivity contribution in [1.82, 2.24) is 9.88 Å². The van der Waals surface area contributed by atoms with Gasteiger partial charge in [-0.05, 0) is 69.0 Å². The standard InChI is InChI=1S/C30H33FN2O3S/c1-3-35-29(34)11-9-23-8-10-24(18-26(23)31)36-20-28-32-21(2)27(37-28)19-33-16-14-30(15-17-33)13-12-22-6-4-5-7-25(22)30/h4-8,10,12-13,18H,3,9,11,14-17,19-20H2,1-2H3. The van der Waals surface area contributed by atoms with E-state index in [1.807, 2.05) is 0 Å². The van der Waals surface area contributed by atoms with Crippen molar-refractivity contribution < 1.29 is 18.7 Å². The molecule has 2 heterocycles. The highest BCUT2D eigenvalue weighted by Crippen LogP contribution is 2.43. The summed E-state index contributed by atoms with van der Waals surface area (Å²) in [6.07, 6.45) is 7.44. The lowest BCUT2D eigenvalue weighted by molar-refractivity contribution is -0.143. The molecule has 2 aromatic carbocycles. The topological polar surface area (TPSA) is 51.7 Å². The Morgan fingerprint density at radius 1 is 1.19 bits per heavy atom. The van der Waals surface area contributed by atoms with Crippen LogP contribution in [0.25, 0.3) is 6.08 Å². The number of carbonyl (C=O) groups is 1. The number of piperidine rings is 1. The Kier molecular flexibility index (Phi) is 7.72. The number of hydrogen-bond donors (Lipinski definition) is 0. The van der Waals surface area contributed by atoms with Gasteiger partial charge in [-0.1, -0.05) is 42.5 Å². The highest BCUT2D eigenvalue weighted by Gasteiger charge is 2.37. The first kappa shape index (κ1) is 25.6. The Labute approximate surface area is 221 Å². The van der Waals surface area contributed by atoms with Crippen LogP contribution < -0.4 is 4.74 Å². The third kappa shape index (κ3) is 5.78. The van der Waals surface area contributed by atoms with Gasteiger partial charge in [-0.2, -0.15) is 0 Å². The number of nitrogens with zero attached hydrogens (tertiary/aromatic N) is 2. The highest BCUT2D eigenvalue weighted by atomic mass is 32.1. The summed E-state index contributed by atoms with van der Waals surface area (Å²) in [7, 11) is 0. The van der Waals surface area contributed by atoms with Crippen LogP contribution in [-0.4, -0.2) is 35.5 Å². The molecule has 1 aliphatic carbocycles. The van der Waals surface area contributed by atoms with Gasteiger partial charge in [0, 0.05) is 29.3 Å². The molecule has 2 aliphatic rings. The first-order valence-electron chi connectivity index (χ1n) is 13.0. The molecule has 0 amide bonds. The van der Waals surface area contributed by atoms with Crippen LogP contribution in [-0.2, 0) is 34.5 Å². The molecule has 5 nitrogen and oxygen atoms in total. The Hall–Kier alpha value is -3.03. The second kappa shape index (κ2) is 11.2. The van der Waals surface area contributed by atoms with Crippen LogP contribution in [0.5, 0.6) is 5.75 Å². The molecule has 5 rings (SSSR count). The van der Waals surface area contributed by atoms with Gasteiger partial charge in [0.2, 0.25) is 0 Å². The lowest BCUT2D eigenvalue weighted by Crippen LogP contribution is -2.40. The van der Waals surface area contributed by atoms with E-state index in [-0.39, 0.29) is 23.6 Å². The van der Waals surface area contributed by atoms with E-state index in [1.54, 1.807) is 30.4 Å². The van der Waals surface area contributed by atoms with Crippen LogP contribution in [0.3, 0.4) is 0 Å². The summed E-state index contributed by atoms with van der Waals surface area (Å²) in [5.74, 6) is -0.236. The number of aromatic nitrogens is 1. The van der Waals surface area contributed by atoms with Gasteiger partial charge in [0.15, 0.2) is 0 Å². The molecule has 0 N–H and O–H groups in total. The number of carbonyl (C=O) groups excluding carboxylic acids is 1. The lowest BCUT2D eigenvalue weighted by Gasteiger charge is -2.39. The summed E-state index contributed by atoms with van der Waals surface area (Å²) < 4.78 is 25.2. The van der Waals surface area contributed by atoms with Crippen LogP contribution in [0.15, 0.2) is 48.5 Å². The number of hydrogen-bond acceptors (Lipinski definition) is 6. The van der Waals surface area contributed by atoms with Crippen molar-refractivity contribution in [2.75, 3.05) is 19.7 Å². The van der Waals surface area contributed by atoms with Gasteiger partial charge in [0.05, 0.1) is 12.3 Å². The highest BCUT2D eigenvalue weighted by molar-refractivity contribution is 7.11. The third-order valence-electron chi connectivity index (χ3n) is 7.42. The lowest BCUT2D eigenvalue weighted by atomic mass is 9.74. The van der Waals surface area contributed by atoms with Gasteiger partial charge >= 0.3 is 5.97 Å². The fraction of sp³-hybridized carbons (Fsp3) is 0.400. The maximum atomic E-state index is 14.5. The van der Waals surface area contributed by atoms with Gasteiger partial charge in [-0.25, -0.2) is 9.37 Å². The molecule has 37 heavy (non-hydrogen) atoms. The molecule has 1 spiro atoms. The van der Waals surface area contributed by atoms with Crippen molar-refractivity contribution >= 4 is 23.4 Å². The summed E-state index contributed by atoms with van der Waals surface area (Å²) >= 11 is 1.67. The Bertz CT molecular complexity index is 1290. The molecule has 1 fully saturated rings. The van der Waals surface area contributed by atoms with E-state index >= 15 is 0 Å². The zero-order valence-electron chi connectivity index (χ0n) is 21.5. The molecule has 0 saturated carbocycles. The fourth-order valence-electron chi connectivity index (χ4n) is 5.32. The molecule has 0 unspecified atom stereocenters. The maximum absolute atomic E-state index is 14.5. The third-order valence-corrected chi connectivity index (χ3v) is 8.54. The first-order chi connectivity index (χ1) is 18.0. The number of likely N-dealkylation sites (tertiary alicyclic amines) is 1. The van der Waals surface area contributed by atoms with Crippen LogP contribution in [0.4, 0.5) is 4.39 Å². The first-order valence-corrected chi connectivity index (χ1v) is 13.8. The SMILES string of the molecule is CCOC(=O)CCc1ccc(OCc2nc(C)c(CN3CCC4(C=Cc5ccccc54)CC3)s2)cc1F. The molecule has 194 valence electrons. The smallest absolute Gasteiger partial charge is 0.306 e. The van der Waals surface area contributed by atoms with Crippen molar-refractivity contribution in [3.63, 3.8) is 0 Å². The normalized spacial score (nSPS) is 16.2. The van der Waals surface area contributed by atoms with Gasteiger partial charge in [0.1, 0.15) is 23.2 Å². The summed E-state index contributed by atoms with van der Waals surface area (Å²) in [5.41, 5.74) is 4.55. The Morgan fingerprint density at radius 2 is 2.00 bits per heavy atom. The summed E-state index contributed by atoms with van der Waals surface area (Å²) in [4.78, 5) is 20.0. The minimum absolute atomic E-state index is 0.161. The van der Waals surface area contributed by atoms with E-state index in [0.29, 0.717) is 30.9 Å². The molecular formula is C30H33FN2O3S. The summed E-state index contributed by atoms with van der Waals surface area (Å²) in [6, 6.07) is 13.6. The number of thiazole rings is 1. The number of halogens is 1. The van der Waals surface area contributed by atoms with Crippen molar-refractivity contribution in [2.24, 2.45) is 0 Å². The molecule has 1 aliphatic heterocycles. The molecule has 0 atom stereocenters. The van der Waals surface area contributed by atoms with Gasteiger partial charge in [-0.15, -0.1) is 11.3 Å².